The number of urea groups is 1. The van der Waals surface area contributed by atoms with E-state index in [1.165, 1.54) is 19.3 Å². The minimum atomic E-state index is 0.0436. The molecule has 0 unspecified atom stereocenters. The van der Waals surface area contributed by atoms with Gasteiger partial charge in [0.05, 0.1) is 0 Å². The molecule has 0 radical (unpaired) electrons. The first kappa shape index (κ1) is 17.0. The number of carbonyl (C=O) groups excluding carboxylic acids is 1. The van der Waals surface area contributed by atoms with Crippen LogP contribution in [0.25, 0.3) is 0 Å². The smallest absolute Gasteiger partial charge is 0.317 e. The Hall–Kier alpha value is -1.82. The van der Waals surface area contributed by atoms with Crippen molar-refractivity contribution in [2.45, 2.75) is 32.7 Å². The fourth-order valence-corrected chi connectivity index (χ4v) is 3.42. The Kier molecular flexibility index (Phi) is 5.91. The number of pyridine rings is 1. The summed E-state index contributed by atoms with van der Waals surface area (Å²) in [4.78, 5) is 23.5. The summed E-state index contributed by atoms with van der Waals surface area (Å²) in [6.07, 6.45) is 5.65. The van der Waals surface area contributed by atoms with Crippen LogP contribution < -0.4 is 10.2 Å². The van der Waals surface area contributed by atoms with E-state index in [2.05, 4.69) is 33.1 Å². The second-order valence-electron chi connectivity index (χ2n) is 6.65. The molecule has 2 amide bonds. The molecule has 1 aromatic rings. The number of piperidine rings is 1. The summed E-state index contributed by atoms with van der Waals surface area (Å²) in [7, 11) is 0. The largest absolute Gasteiger partial charge is 0.357 e. The summed E-state index contributed by atoms with van der Waals surface area (Å²) in [5.74, 6) is 1.04. The van der Waals surface area contributed by atoms with Crippen LogP contribution in [0, 0.1) is 0 Å². The van der Waals surface area contributed by atoms with Crippen molar-refractivity contribution >= 4 is 11.8 Å². The first-order chi connectivity index (χ1) is 11.8. The Labute approximate surface area is 144 Å². The second kappa shape index (κ2) is 8.33. The summed E-state index contributed by atoms with van der Waals surface area (Å²) < 4.78 is 0. The number of aromatic nitrogens is 1. The molecule has 1 aromatic heterocycles. The molecule has 2 saturated heterocycles. The summed E-state index contributed by atoms with van der Waals surface area (Å²) in [5, 5.41) is 3.05. The third-order valence-corrected chi connectivity index (χ3v) is 5.04. The van der Waals surface area contributed by atoms with Gasteiger partial charge in [-0.2, -0.15) is 0 Å². The minimum absolute atomic E-state index is 0.0436. The minimum Gasteiger partial charge on any atom is -0.357 e. The number of nitrogens with zero attached hydrogens (tertiary/aromatic N) is 4. The maximum absolute atomic E-state index is 12.3. The Morgan fingerprint density at radius 1 is 1.12 bits per heavy atom. The van der Waals surface area contributed by atoms with Crippen molar-refractivity contribution in [1.82, 2.24) is 20.1 Å². The van der Waals surface area contributed by atoms with Gasteiger partial charge in [0.15, 0.2) is 0 Å². The molecule has 0 aliphatic carbocycles. The molecule has 0 bridgehead atoms. The average molecular weight is 331 g/mol. The standard InChI is InChI=1S/C18H29N5O/c1-2-21-10-12-23(13-11-21)18(24)20-15-16-6-7-19-17(14-16)22-8-4-3-5-9-22/h6-7,14H,2-5,8-13,15H2,1H3,(H,20,24). The van der Waals surface area contributed by atoms with E-state index in [1.807, 2.05) is 17.2 Å². The highest BCUT2D eigenvalue weighted by Gasteiger charge is 2.20. The van der Waals surface area contributed by atoms with Crippen molar-refractivity contribution in [3.8, 4) is 0 Å². The van der Waals surface area contributed by atoms with Crippen LogP contribution in [-0.4, -0.2) is 66.6 Å². The number of piperazine rings is 1. The van der Waals surface area contributed by atoms with E-state index < -0.39 is 0 Å². The van der Waals surface area contributed by atoms with Gasteiger partial charge in [-0.15, -0.1) is 0 Å². The molecule has 6 nitrogen and oxygen atoms in total. The Morgan fingerprint density at radius 2 is 1.88 bits per heavy atom. The molecule has 0 atom stereocenters. The van der Waals surface area contributed by atoms with Gasteiger partial charge in [0.25, 0.3) is 0 Å². The monoisotopic (exact) mass is 331 g/mol. The Morgan fingerprint density at radius 3 is 2.58 bits per heavy atom. The topological polar surface area (TPSA) is 51.7 Å². The second-order valence-corrected chi connectivity index (χ2v) is 6.65. The van der Waals surface area contributed by atoms with Gasteiger partial charge in [-0.1, -0.05) is 6.92 Å². The third kappa shape index (κ3) is 4.38. The molecule has 6 heteroatoms. The fourth-order valence-electron chi connectivity index (χ4n) is 3.42. The first-order valence-electron chi connectivity index (χ1n) is 9.21. The van der Waals surface area contributed by atoms with Crippen molar-refractivity contribution < 1.29 is 4.79 Å². The maximum Gasteiger partial charge on any atom is 0.317 e. The van der Waals surface area contributed by atoms with E-state index in [1.54, 1.807) is 0 Å². The zero-order chi connectivity index (χ0) is 16.8. The highest BCUT2D eigenvalue weighted by atomic mass is 16.2. The molecule has 2 aliphatic heterocycles. The van der Waals surface area contributed by atoms with Crippen LogP contribution in [0.2, 0.25) is 0 Å². The SMILES string of the molecule is CCN1CCN(C(=O)NCc2ccnc(N3CCCCC3)c2)CC1. The van der Waals surface area contributed by atoms with Crippen LogP contribution in [-0.2, 0) is 6.54 Å². The van der Waals surface area contributed by atoms with Crippen LogP contribution in [0.4, 0.5) is 10.6 Å². The molecule has 24 heavy (non-hydrogen) atoms. The molecule has 0 spiro atoms. The lowest BCUT2D eigenvalue weighted by molar-refractivity contribution is 0.142. The predicted octanol–water partition coefficient (Wildman–Crippen LogP) is 1.92. The molecule has 2 aliphatic rings. The number of amides is 2. The van der Waals surface area contributed by atoms with Gasteiger partial charge in [-0.05, 0) is 43.5 Å². The Bertz CT molecular complexity index is 536. The molecular formula is C18H29N5O. The number of hydrogen-bond donors (Lipinski definition) is 1. The van der Waals surface area contributed by atoms with Crippen LogP contribution in [0.1, 0.15) is 31.7 Å². The summed E-state index contributed by atoms with van der Waals surface area (Å²) in [5.41, 5.74) is 1.12. The highest BCUT2D eigenvalue weighted by Crippen LogP contribution is 2.18. The van der Waals surface area contributed by atoms with Crippen LogP contribution in [0.5, 0.6) is 0 Å². The molecule has 132 valence electrons. The maximum atomic E-state index is 12.3. The first-order valence-corrected chi connectivity index (χ1v) is 9.21. The number of likely N-dealkylation sites (N-methyl/N-ethyl adjacent to an activating group) is 1. The number of carbonyl (C=O) groups is 1. The fraction of sp³-hybridized carbons (Fsp3) is 0.667. The van der Waals surface area contributed by atoms with E-state index in [-0.39, 0.29) is 6.03 Å². The molecule has 3 heterocycles. The van der Waals surface area contributed by atoms with E-state index in [0.29, 0.717) is 6.54 Å². The van der Waals surface area contributed by atoms with Crippen molar-refractivity contribution in [3.63, 3.8) is 0 Å². The van der Waals surface area contributed by atoms with E-state index >= 15 is 0 Å². The normalized spacial score (nSPS) is 19.4. The van der Waals surface area contributed by atoms with Gasteiger partial charge >= 0.3 is 6.03 Å². The third-order valence-electron chi connectivity index (χ3n) is 5.04. The van der Waals surface area contributed by atoms with E-state index in [0.717, 1.165) is 57.2 Å². The Balaban J connectivity index is 1.50. The lowest BCUT2D eigenvalue weighted by atomic mass is 10.1. The zero-order valence-electron chi connectivity index (χ0n) is 14.7. The molecule has 2 fully saturated rings. The highest BCUT2D eigenvalue weighted by molar-refractivity contribution is 5.74. The number of hydrogen-bond acceptors (Lipinski definition) is 4. The van der Waals surface area contributed by atoms with Gasteiger partial charge < -0.3 is 20.0 Å². The average Bonchev–Trinajstić information content (AvgIpc) is 2.67. The lowest BCUT2D eigenvalue weighted by Crippen LogP contribution is -2.51. The van der Waals surface area contributed by atoms with Gasteiger partial charge in [0.2, 0.25) is 0 Å². The predicted molar refractivity (Wildman–Crippen MR) is 96.2 cm³/mol. The van der Waals surface area contributed by atoms with E-state index in [4.69, 9.17) is 0 Å². The van der Waals surface area contributed by atoms with Gasteiger partial charge in [0.1, 0.15) is 5.82 Å². The van der Waals surface area contributed by atoms with Crippen molar-refractivity contribution in [3.05, 3.63) is 23.9 Å². The van der Waals surface area contributed by atoms with Gasteiger partial charge in [-0.25, -0.2) is 9.78 Å². The quantitative estimate of drug-likeness (QED) is 0.916. The number of rotatable bonds is 4. The summed E-state index contributed by atoms with van der Waals surface area (Å²) in [6, 6.07) is 4.14. The van der Waals surface area contributed by atoms with Gasteiger partial charge in [-0.3, -0.25) is 0 Å². The van der Waals surface area contributed by atoms with Crippen LogP contribution in [0.15, 0.2) is 18.3 Å². The van der Waals surface area contributed by atoms with Gasteiger partial charge in [0, 0.05) is 52.0 Å². The number of nitrogens with one attached hydrogen (secondary N) is 1. The van der Waals surface area contributed by atoms with Crippen molar-refractivity contribution in [1.29, 1.82) is 0 Å². The summed E-state index contributed by atoms with van der Waals surface area (Å²) >= 11 is 0. The molecule has 0 saturated carbocycles. The molecular weight excluding hydrogens is 302 g/mol. The van der Waals surface area contributed by atoms with Crippen molar-refractivity contribution in [2.75, 3.05) is 50.7 Å². The zero-order valence-corrected chi connectivity index (χ0v) is 14.7. The van der Waals surface area contributed by atoms with E-state index in [9.17, 15) is 4.79 Å². The molecule has 1 N–H and O–H groups in total. The van der Waals surface area contributed by atoms with Crippen LogP contribution >= 0.6 is 0 Å². The number of anilines is 1. The molecule has 3 rings (SSSR count). The molecule has 0 aromatic carbocycles. The van der Waals surface area contributed by atoms with Crippen molar-refractivity contribution in [2.24, 2.45) is 0 Å². The summed E-state index contributed by atoms with van der Waals surface area (Å²) in [6.45, 7) is 9.54. The lowest BCUT2D eigenvalue weighted by Gasteiger charge is -2.34. The van der Waals surface area contributed by atoms with Crippen LogP contribution in [0.3, 0.4) is 0 Å².